The summed E-state index contributed by atoms with van der Waals surface area (Å²) in [6.45, 7) is 1.70. The van der Waals surface area contributed by atoms with E-state index < -0.39 is 18.4 Å². The number of halogens is 3. The molecule has 0 bridgehead atoms. The molecule has 0 aliphatic heterocycles. The largest absolute Gasteiger partial charge is 0.419 e. The molecule has 1 aliphatic carbocycles. The molecule has 30 heavy (non-hydrogen) atoms. The van der Waals surface area contributed by atoms with E-state index in [1.165, 1.54) is 11.1 Å². The lowest BCUT2D eigenvalue weighted by molar-refractivity contribution is -0.271. The molecule has 1 unspecified atom stereocenters. The Labute approximate surface area is 176 Å². The quantitative estimate of drug-likeness (QED) is 0.625. The highest BCUT2D eigenvalue weighted by Gasteiger charge is 2.50. The number of rotatable bonds is 8. The topological polar surface area (TPSA) is 32.7 Å². The van der Waals surface area contributed by atoms with Gasteiger partial charge in [-0.3, -0.25) is 4.90 Å². The zero-order valence-corrected chi connectivity index (χ0v) is 17.3. The minimum absolute atomic E-state index is 0.245. The molecule has 3 nitrogen and oxygen atoms in total. The van der Waals surface area contributed by atoms with Crippen LogP contribution in [0, 0.1) is 0 Å². The average Bonchev–Trinajstić information content (AvgIpc) is 2.73. The van der Waals surface area contributed by atoms with Crippen molar-refractivity contribution in [1.82, 2.24) is 4.90 Å². The Balaban J connectivity index is 1.59. The normalized spacial score (nSPS) is 22.1. The molecular weight excluding hydrogens is 391 g/mol. The van der Waals surface area contributed by atoms with Crippen molar-refractivity contribution in [2.75, 3.05) is 6.61 Å². The molecule has 164 valence electrons. The van der Waals surface area contributed by atoms with E-state index in [-0.39, 0.29) is 6.10 Å². The van der Waals surface area contributed by atoms with Crippen LogP contribution in [0.4, 0.5) is 13.2 Å². The first-order valence-corrected chi connectivity index (χ1v) is 10.5. The van der Waals surface area contributed by atoms with Gasteiger partial charge in [-0.15, -0.1) is 0 Å². The third-order valence-corrected chi connectivity index (χ3v) is 5.83. The van der Waals surface area contributed by atoms with Crippen molar-refractivity contribution in [3.05, 3.63) is 71.8 Å². The fraction of sp³-hybridized carbons (Fsp3) is 0.500. The molecule has 1 fully saturated rings. The highest BCUT2D eigenvalue weighted by atomic mass is 19.4. The van der Waals surface area contributed by atoms with E-state index in [1.807, 2.05) is 36.4 Å². The summed E-state index contributed by atoms with van der Waals surface area (Å²) in [5.41, 5.74) is -0.322. The Morgan fingerprint density at radius 3 is 1.77 bits per heavy atom. The van der Waals surface area contributed by atoms with E-state index in [4.69, 9.17) is 4.74 Å². The summed E-state index contributed by atoms with van der Waals surface area (Å²) >= 11 is 0. The number of hydrogen-bond donors (Lipinski definition) is 1. The second-order valence-electron chi connectivity index (χ2n) is 8.39. The van der Waals surface area contributed by atoms with Crippen molar-refractivity contribution < 1.29 is 23.0 Å². The standard InChI is InChI=1S/C24H30F3NO2/c1-23(29,24(25,26)27)18-30-22-14-12-21(13-15-22)28(16-19-8-4-2-5-9-19)17-20-10-6-3-7-11-20/h2-11,21-22,29H,12-18H2,1H3. The summed E-state index contributed by atoms with van der Waals surface area (Å²) < 4.78 is 43.9. The van der Waals surface area contributed by atoms with Gasteiger partial charge >= 0.3 is 6.18 Å². The van der Waals surface area contributed by atoms with Crippen LogP contribution >= 0.6 is 0 Å². The summed E-state index contributed by atoms with van der Waals surface area (Å²) in [4.78, 5) is 2.45. The fourth-order valence-electron chi connectivity index (χ4n) is 3.89. The predicted molar refractivity (Wildman–Crippen MR) is 111 cm³/mol. The molecule has 0 spiro atoms. The van der Waals surface area contributed by atoms with Crippen molar-refractivity contribution >= 4 is 0 Å². The van der Waals surface area contributed by atoms with E-state index in [0.29, 0.717) is 18.9 Å². The highest BCUT2D eigenvalue weighted by Crippen LogP contribution is 2.32. The van der Waals surface area contributed by atoms with Gasteiger partial charge in [-0.1, -0.05) is 60.7 Å². The van der Waals surface area contributed by atoms with E-state index >= 15 is 0 Å². The third-order valence-electron chi connectivity index (χ3n) is 5.83. The molecule has 1 aliphatic rings. The maximum atomic E-state index is 12.8. The van der Waals surface area contributed by atoms with Crippen molar-refractivity contribution in [1.29, 1.82) is 0 Å². The number of ether oxygens (including phenoxy) is 1. The van der Waals surface area contributed by atoms with Crippen LogP contribution in [0.3, 0.4) is 0 Å². The Kier molecular flexibility index (Phi) is 7.55. The summed E-state index contributed by atoms with van der Waals surface area (Å²) in [5.74, 6) is 0. The van der Waals surface area contributed by atoms with Crippen molar-refractivity contribution in [3.63, 3.8) is 0 Å². The van der Waals surface area contributed by atoms with Gasteiger partial charge in [-0.25, -0.2) is 0 Å². The number of nitrogens with zero attached hydrogens (tertiary/aromatic N) is 1. The zero-order chi connectivity index (χ0) is 21.6. The van der Waals surface area contributed by atoms with Gasteiger partial charge < -0.3 is 9.84 Å². The van der Waals surface area contributed by atoms with E-state index in [9.17, 15) is 18.3 Å². The average molecular weight is 422 g/mol. The molecule has 0 heterocycles. The molecule has 1 saturated carbocycles. The number of aliphatic hydroxyl groups is 1. The fourth-order valence-corrected chi connectivity index (χ4v) is 3.89. The lowest BCUT2D eigenvalue weighted by Crippen LogP contribution is -2.47. The molecule has 6 heteroatoms. The molecule has 0 radical (unpaired) electrons. The minimum Gasteiger partial charge on any atom is -0.379 e. The Morgan fingerprint density at radius 2 is 1.33 bits per heavy atom. The molecular formula is C24H30F3NO2. The first kappa shape index (κ1) is 22.8. The molecule has 3 rings (SSSR count). The monoisotopic (exact) mass is 421 g/mol. The molecule has 2 aromatic rings. The minimum atomic E-state index is -4.69. The van der Waals surface area contributed by atoms with Crippen molar-refractivity contribution in [3.8, 4) is 0 Å². The van der Waals surface area contributed by atoms with Crippen molar-refractivity contribution in [2.45, 2.75) is 69.6 Å². The molecule has 0 amide bonds. The van der Waals surface area contributed by atoms with Gasteiger partial charge in [0.25, 0.3) is 0 Å². The van der Waals surface area contributed by atoms with Gasteiger partial charge in [0.05, 0.1) is 12.7 Å². The third kappa shape index (κ3) is 6.30. The van der Waals surface area contributed by atoms with Gasteiger partial charge in [0.1, 0.15) is 0 Å². The van der Waals surface area contributed by atoms with E-state index in [1.54, 1.807) is 0 Å². The molecule has 2 aromatic carbocycles. The van der Waals surface area contributed by atoms with Gasteiger partial charge in [-0.2, -0.15) is 13.2 Å². The Hall–Kier alpha value is -1.89. The van der Waals surface area contributed by atoms with Crippen LogP contribution in [-0.2, 0) is 17.8 Å². The van der Waals surface area contributed by atoms with Crippen LogP contribution in [-0.4, -0.2) is 40.5 Å². The van der Waals surface area contributed by atoms with Crippen LogP contribution in [0.25, 0.3) is 0 Å². The van der Waals surface area contributed by atoms with Crippen LogP contribution in [0.5, 0.6) is 0 Å². The molecule has 1 atom stereocenters. The van der Waals surface area contributed by atoms with Gasteiger partial charge in [0.15, 0.2) is 5.60 Å². The maximum absolute atomic E-state index is 12.8. The molecule has 0 saturated heterocycles. The number of alkyl halides is 3. The zero-order valence-electron chi connectivity index (χ0n) is 17.3. The van der Waals surface area contributed by atoms with E-state index in [2.05, 4.69) is 29.2 Å². The van der Waals surface area contributed by atoms with Gasteiger partial charge in [0.2, 0.25) is 0 Å². The van der Waals surface area contributed by atoms with Crippen LogP contribution in [0.15, 0.2) is 60.7 Å². The second kappa shape index (κ2) is 9.94. The maximum Gasteiger partial charge on any atom is 0.419 e. The first-order chi connectivity index (χ1) is 14.2. The van der Waals surface area contributed by atoms with Crippen LogP contribution < -0.4 is 0 Å². The lowest BCUT2D eigenvalue weighted by atomic mass is 9.91. The predicted octanol–water partition coefficient (Wildman–Crippen LogP) is 5.33. The van der Waals surface area contributed by atoms with E-state index in [0.717, 1.165) is 32.9 Å². The Bertz CT molecular complexity index is 716. The summed E-state index contributed by atoms with van der Waals surface area (Å²) in [7, 11) is 0. The van der Waals surface area contributed by atoms with Crippen molar-refractivity contribution in [2.24, 2.45) is 0 Å². The van der Waals surface area contributed by atoms with Gasteiger partial charge in [-0.05, 0) is 43.7 Å². The Morgan fingerprint density at radius 1 is 0.867 bits per heavy atom. The molecule has 0 aromatic heterocycles. The summed E-state index contributed by atoms with van der Waals surface area (Å²) in [6, 6.07) is 21.0. The SMILES string of the molecule is CC(O)(COC1CCC(N(Cc2ccccc2)Cc2ccccc2)CC1)C(F)(F)F. The smallest absolute Gasteiger partial charge is 0.379 e. The highest BCUT2D eigenvalue weighted by molar-refractivity contribution is 5.17. The molecule has 1 N–H and O–H groups in total. The summed E-state index contributed by atoms with van der Waals surface area (Å²) in [5, 5.41) is 9.59. The van der Waals surface area contributed by atoms with Crippen LogP contribution in [0.2, 0.25) is 0 Å². The van der Waals surface area contributed by atoms with Gasteiger partial charge in [0, 0.05) is 19.1 Å². The second-order valence-corrected chi connectivity index (χ2v) is 8.39. The summed E-state index contributed by atoms with van der Waals surface area (Å²) in [6.07, 6.45) is -1.83. The number of hydrogen-bond acceptors (Lipinski definition) is 3. The number of benzene rings is 2. The first-order valence-electron chi connectivity index (χ1n) is 10.5. The van der Waals surface area contributed by atoms with Crippen LogP contribution in [0.1, 0.15) is 43.7 Å². The lowest BCUT2D eigenvalue weighted by Gasteiger charge is -2.38.